The monoisotopic (exact) mass is 376 g/mol. The molecule has 142 valence electrons. The van der Waals surface area contributed by atoms with Gasteiger partial charge in [-0.25, -0.2) is 0 Å². The van der Waals surface area contributed by atoms with Crippen LogP contribution in [0.25, 0.3) is 6.08 Å². The molecule has 2 aromatic carbocycles. The number of amides is 1. The van der Waals surface area contributed by atoms with E-state index in [4.69, 9.17) is 20.6 Å². The normalized spacial score (nSPS) is 10.4. The summed E-state index contributed by atoms with van der Waals surface area (Å²) in [5, 5.41) is 12.1. The van der Waals surface area contributed by atoms with E-state index in [0.29, 0.717) is 35.1 Å². The third-order valence-corrected chi connectivity index (χ3v) is 3.62. The summed E-state index contributed by atoms with van der Waals surface area (Å²) in [6.45, 7) is 2.49. The minimum atomic E-state index is -0.537. The van der Waals surface area contributed by atoms with Crippen LogP contribution >= 0.6 is 0 Å². The SMILES string of the molecule is C#CCOc1cc(OC)ccc1/C=C(\C#N)C(=O)Nc1ccc(OCC)cc1. The zero-order chi connectivity index (χ0) is 20.4. The molecule has 1 amide bonds. The van der Waals surface area contributed by atoms with Crippen molar-refractivity contribution in [3.8, 4) is 35.7 Å². The summed E-state index contributed by atoms with van der Waals surface area (Å²) < 4.78 is 16.0. The van der Waals surface area contributed by atoms with E-state index in [1.54, 1.807) is 42.5 Å². The predicted molar refractivity (Wildman–Crippen MR) is 107 cm³/mol. The van der Waals surface area contributed by atoms with Gasteiger partial charge in [0, 0.05) is 17.3 Å². The van der Waals surface area contributed by atoms with Crippen molar-refractivity contribution in [2.75, 3.05) is 25.6 Å². The molecule has 0 aromatic heterocycles. The van der Waals surface area contributed by atoms with Crippen molar-refractivity contribution in [3.63, 3.8) is 0 Å². The molecule has 2 rings (SSSR count). The number of hydrogen-bond acceptors (Lipinski definition) is 5. The summed E-state index contributed by atoms with van der Waals surface area (Å²) in [7, 11) is 1.53. The maximum Gasteiger partial charge on any atom is 0.266 e. The van der Waals surface area contributed by atoms with Crippen LogP contribution in [-0.4, -0.2) is 26.2 Å². The molecule has 2 aromatic rings. The molecule has 0 atom stereocenters. The second-order valence-electron chi connectivity index (χ2n) is 5.48. The van der Waals surface area contributed by atoms with Gasteiger partial charge < -0.3 is 19.5 Å². The van der Waals surface area contributed by atoms with Gasteiger partial charge in [-0.2, -0.15) is 5.26 Å². The Labute approximate surface area is 164 Å². The van der Waals surface area contributed by atoms with Gasteiger partial charge in [0.05, 0.1) is 13.7 Å². The molecule has 6 heteroatoms. The van der Waals surface area contributed by atoms with Crippen molar-refractivity contribution in [2.24, 2.45) is 0 Å². The molecule has 0 fully saturated rings. The maximum atomic E-state index is 12.5. The lowest BCUT2D eigenvalue weighted by molar-refractivity contribution is -0.112. The molecule has 0 radical (unpaired) electrons. The van der Waals surface area contributed by atoms with Crippen LogP contribution in [0.5, 0.6) is 17.2 Å². The third-order valence-electron chi connectivity index (χ3n) is 3.62. The van der Waals surface area contributed by atoms with E-state index in [2.05, 4.69) is 11.2 Å². The van der Waals surface area contributed by atoms with E-state index in [1.807, 2.05) is 13.0 Å². The Morgan fingerprint density at radius 1 is 1.18 bits per heavy atom. The van der Waals surface area contributed by atoms with Crippen LogP contribution in [0, 0.1) is 23.7 Å². The van der Waals surface area contributed by atoms with Crippen LogP contribution in [0.3, 0.4) is 0 Å². The Morgan fingerprint density at radius 2 is 1.89 bits per heavy atom. The van der Waals surface area contributed by atoms with E-state index in [1.165, 1.54) is 13.2 Å². The summed E-state index contributed by atoms with van der Waals surface area (Å²) >= 11 is 0. The first-order valence-corrected chi connectivity index (χ1v) is 8.51. The first-order chi connectivity index (χ1) is 13.6. The molecule has 0 aliphatic carbocycles. The number of hydrogen-bond donors (Lipinski definition) is 1. The number of carbonyl (C=O) groups excluding carboxylic acids is 1. The van der Waals surface area contributed by atoms with Crippen molar-refractivity contribution >= 4 is 17.7 Å². The minimum Gasteiger partial charge on any atom is -0.497 e. The zero-order valence-corrected chi connectivity index (χ0v) is 15.7. The molecular weight excluding hydrogens is 356 g/mol. The number of nitriles is 1. The number of anilines is 1. The molecule has 0 heterocycles. The molecule has 0 bridgehead atoms. The molecule has 0 spiro atoms. The van der Waals surface area contributed by atoms with Crippen LogP contribution in [0.1, 0.15) is 12.5 Å². The fraction of sp³-hybridized carbons (Fsp3) is 0.182. The van der Waals surface area contributed by atoms with Gasteiger partial charge in [-0.15, -0.1) is 6.42 Å². The molecule has 6 nitrogen and oxygen atoms in total. The molecule has 0 unspecified atom stereocenters. The second kappa shape index (κ2) is 10.3. The Hall–Kier alpha value is -3.90. The number of nitrogens with zero attached hydrogens (tertiary/aromatic N) is 1. The highest BCUT2D eigenvalue weighted by Gasteiger charge is 2.12. The van der Waals surface area contributed by atoms with Gasteiger partial charge in [0.2, 0.25) is 0 Å². The highest BCUT2D eigenvalue weighted by molar-refractivity contribution is 6.09. The van der Waals surface area contributed by atoms with Crippen molar-refractivity contribution in [1.29, 1.82) is 5.26 Å². The summed E-state index contributed by atoms with van der Waals surface area (Å²) in [6, 6.07) is 13.8. The Morgan fingerprint density at radius 3 is 2.50 bits per heavy atom. The van der Waals surface area contributed by atoms with Crippen LogP contribution < -0.4 is 19.5 Å². The van der Waals surface area contributed by atoms with Crippen molar-refractivity contribution in [1.82, 2.24) is 0 Å². The van der Waals surface area contributed by atoms with Crippen molar-refractivity contribution < 1.29 is 19.0 Å². The smallest absolute Gasteiger partial charge is 0.266 e. The van der Waals surface area contributed by atoms with E-state index < -0.39 is 5.91 Å². The van der Waals surface area contributed by atoms with Gasteiger partial charge in [-0.3, -0.25) is 4.79 Å². The van der Waals surface area contributed by atoms with Gasteiger partial charge in [0.1, 0.15) is 35.5 Å². The maximum absolute atomic E-state index is 12.5. The van der Waals surface area contributed by atoms with Gasteiger partial charge in [0.25, 0.3) is 5.91 Å². The first-order valence-electron chi connectivity index (χ1n) is 8.51. The second-order valence-corrected chi connectivity index (χ2v) is 5.48. The third kappa shape index (κ3) is 5.55. The van der Waals surface area contributed by atoms with E-state index in [0.717, 1.165) is 0 Å². The molecule has 0 aliphatic heterocycles. The largest absolute Gasteiger partial charge is 0.497 e. The van der Waals surface area contributed by atoms with Crippen molar-refractivity contribution in [3.05, 3.63) is 53.6 Å². The molecule has 0 saturated carbocycles. The molecule has 0 aliphatic rings. The average Bonchev–Trinajstić information content (AvgIpc) is 2.72. The van der Waals surface area contributed by atoms with Crippen LogP contribution in [0.4, 0.5) is 5.69 Å². The highest BCUT2D eigenvalue weighted by atomic mass is 16.5. The van der Waals surface area contributed by atoms with Crippen LogP contribution in [-0.2, 0) is 4.79 Å². The first kappa shape index (κ1) is 20.4. The highest BCUT2D eigenvalue weighted by Crippen LogP contribution is 2.27. The Bertz CT molecular complexity index is 934. The fourth-order valence-electron chi connectivity index (χ4n) is 2.31. The van der Waals surface area contributed by atoms with E-state index >= 15 is 0 Å². The zero-order valence-electron chi connectivity index (χ0n) is 15.7. The van der Waals surface area contributed by atoms with Crippen LogP contribution in [0.2, 0.25) is 0 Å². The number of rotatable bonds is 8. The molecule has 0 saturated heterocycles. The lowest BCUT2D eigenvalue weighted by Crippen LogP contribution is -2.13. The van der Waals surface area contributed by atoms with E-state index in [9.17, 15) is 10.1 Å². The number of methoxy groups -OCH3 is 1. The van der Waals surface area contributed by atoms with Gasteiger partial charge >= 0.3 is 0 Å². The van der Waals surface area contributed by atoms with Gasteiger partial charge in [-0.05, 0) is 49.4 Å². The predicted octanol–water partition coefficient (Wildman–Crippen LogP) is 3.65. The van der Waals surface area contributed by atoms with Gasteiger partial charge in [0.15, 0.2) is 0 Å². The number of terminal acetylenes is 1. The topological polar surface area (TPSA) is 80.6 Å². The summed E-state index contributed by atoms with van der Waals surface area (Å²) in [5.74, 6) is 3.53. The lowest BCUT2D eigenvalue weighted by Gasteiger charge is -2.10. The van der Waals surface area contributed by atoms with Crippen molar-refractivity contribution in [2.45, 2.75) is 6.92 Å². The molecular formula is C22H20N2O4. The summed E-state index contributed by atoms with van der Waals surface area (Å²) in [5.41, 5.74) is 1.01. The lowest BCUT2D eigenvalue weighted by atomic mass is 10.1. The molecule has 1 N–H and O–H groups in total. The summed E-state index contributed by atoms with van der Waals surface area (Å²) in [4.78, 5) is 12.5. The Balaban J connectivity index is 2.23. The van der Waals surface area contributed by atoms with E-state index in [-0.39, 0.29) is 12.2 Å². The fourth-order valence-corrected chi connectivity index (χ4v) is 2.31. The quantitative estimate of drug-likeness (QED) is 0.432. The standard InChI is InChI=1S/C22H20N2O4/c1-4-12-28-21-14-20(26-3)9-6-16(21)13-17(15-23)22(25)24-18-7-10-19(11-8-18)27-5-2/h1,6-11,13-14H,5,12H2,2-3H3,(H,24,25)/b17-13+. The number of ether oxygens (including phenoxy) is 3. The molecule has 28 heavy (non-hydrogen) atoms. The Kier molecular flexibility index (Phi) is 7.51. The summed E-state index contributed by atoms with van der Waals surface area (Å²) in [6.07, 6.45) is 6.68. The number of carbonyl (C=O) groups is 1. The average molecular weight is 376 g/mol. The number of nitrogens with one attached hydrogen (secondary N) is 1. The van der Waals surface area contributed by atoms with Crippen LogP contribution in [0.15, 0.2) is 48.0 Å². The minimum absolute atomic E-state index is 0.0499. The number of benzene rings is 2. The van der Waals surface area contributed by atoms with Gasteiger partial charge in [-0.1, -0.05) is 5.92 Å².